The molecule has 0 aromatic heterocycles. The van der Waals surface area contributed by atoms with E-state index in [0.29, 0.717) is 0 Å². The predicted molar refractivity (Wildman–Crippen MR) is 61.6 cm³/mol. The third kappa shape index (κ3) is 5.01. The summed E-state index contributed by atoms with van der Waals surface area (Å²) in [5.41, 5.74) is 2.08. The molecule has 0 fully saturated rings. The van der Waals surface area contributed by atoms with Gasteiger partial charge in [0.2, 0.25) is 0 Å². The molecule has 5 heteroatoms. The molecule has 0 aliphatic carbocycles. The first-order chi connectivity index (χ1) is 8.11. The topological polar surface area (TPSA) is 75.6 Å². The molecule has 17 heavy (non-hydrogen) atoms. The third-order valence-corrected chi connectivity index (χ3v) is 2.19. The largest absolute Gasteiger partial charge is 0.480 e. The standard InChI is InChI=1S/C12H15NO4/c1-2-9-3-5-10(6-4-9)8-17-12(16)13-7-11(14)15/h3-6H,2,7-8H2,1H3,(H,13,16)(H,14,15). The van der Waals surface area contributed by atoms with Crippen LogP contribution in [0.5, 0.6) is 0 Å². The Morgan fingerprint density at radius 1 is 1.24 bits per heavy atom. The van der Waals surface area contributed by atoms with Gasteiger partial charge in [-0.2, -0.15) is 0 Å². The number of aryl methyl sites for hydroxylation is 1. The molecule has 0 atom stereocenters. The van der Waals surface area contributed by atoms with Gasteiger partial charge in [0.25, 0.3) is 0 Å². The molecule has 0 radical (unpaired) electrons. The van der Waals surface area contributed by atoms with Crippen molar-refractivity contribution in [2.75, 3.05) is 6.54 Å². The molecular weight excluding hydrogens is 222 g/mol. The highest BCUT2D eigenvalue weighted by Gasteiger charge is 2.04. The van der Waals surface area contributed by atoms with Crippen molar-refractivity contribution in [2.24, 2.45) is 0 Å². The Kier molecular flexibility index (Phi) is 5.00. The van der Waals surface area contributed by atoms with Gasteiger partial charge in [0.05, 0.1) is 0 Å². The van der Waals surface area contributed by atoms with Crippen molar-refractivity contribution in [2.45, 2.75) is 20.0 Å². The minimum absolute atomic E-state index is 0.134. The minimum atomic E-state index is -1.10. The van der Waals surface area contributed by atoms with Gasteiger partial charge in [-0.1, -0.05) is 31.2 Å². The number of rotatable bonds is 5. The molecule has 0 saturated carbocycles. The quantitative estimate of drug-likeness (QED) is 0.814. The summed E-state index contributed by atoms with van der Waals surface area (Å²) in [5, 5.41) is 10.4. The summed E-state index contributed by atoms with van der Waals surface area (Å²) in [7, 11) is 0. The van der Waals surface area contributed by atoms with Crippen LogP contribution in [0.3, 0.4) is 0 Å². The lowest BCUT2D eigenvalue weighted by atomic mass is 10.1. The van der Waals surface area contributed by atoms with Crippen molar-refractivity contribution in [1.29, 1.82) is 0 Å². The fourth-order valence-electron chi connectivity index (χ4n) is 1.22. The van der Waals surface area contributed by atoms with E-state index in [0.717, 1.165) is 12.0 Å². The molecule has 92 valence electrons. The van der Waals surface area contributed by atoms with E-state index in [9.17, 15) is 9.59 Å². The summed E-state index contributed by atoms with van der Waals surface area (Å²) in [4.78, 5) is 21.2. The van der Waals surface area contributed by atoms with E-state index in [1.54, 1.807) is 0 Å². The fourth-order valence-corrected chi connectivity index (χ4v) is 1.22. The van der Waals surface area contributed by atoms with Crippen molar-refractivity contribution in [3.8, 4) is 0 Å². The number of hydrogen-bond acceptors (Lipinski definition) is 3. The first kappa shape index (κ1) is 13.0. The summed E-state index contributed by atoms with van der Waals surface area (Å²) in [5.74, 6) is -1.10. The Bertz CT molecular complexity index is 386. The number of carboxylic acid groups (broad SMARTS) is 1. The molecule has 0 heterocycles. The van der Waals surface area contributed by atoms with Gasteiger partial charge >= 0.3 is 12.1 Å². The van der Waals surface area contributed by atoms with Gasteiger partial charge in [0, 0.05) is 0 Å². The maximum absolute atomic E-state index is 11.0. The molecule has 1 amide bonds. The lowest BCUT2D eigenvalue weighted by molar-refractivity contribution is -0.135. The number of aliphatic carboxylic acids is 1. The lowest BCUT2D eigenvalue weighted by Crippen LogP contribution is -2.29. The molecule has 0 aliphatic rings. The van der Waals surface area contributed by atoms with Crippen LogP contribution >= 0.6 is 0 Å². The molecule has 0 spiro atoms. The van der Waals surface area contributed by atoms with Crippen LogP contribution in [0.1, 0.15) is 18.1 Å². The van der Waals surface area contributed by atoms with Crippen LogP contribution in [-0.4, -0.2) is 23.7 Å². The fraction of sp³-hybridized carbons (Fsp3) is 0.333. The van der Waals surface area contributed by atoms with Crippen LogP contribution in [0.15, 0.2) is 24.3 Å². The van der Waals surface area contributed by atoms with E-state index in [4.69, 9.17) is 9.84 Å². The average molecular weight is 237 g/mol. The summed E-state index contributed by atoms with van der Waals surface area (Å²) in [6, 6.07) is 7.69. The van der Waals surface area contributed by atoms with E-state index in [1.165, 1.54) is 5.56 Å². The van der Waals surface area contributed by atoms with Crippen molar-refractivity contribution >= 4 is 12.1 Å². The highest BCUT2D eigenvalue weighted by atomic mass is 16.5. The number of ether oxygens (including phenoxy) is 1. The Morgan fingerprint density at radius 2 is 1.82 bits per heavy atom. The molecule has 0 bridgehead atoms. The number of amides is 1. The van der Waals surface area contributed by atoms with Crippen molar-refractivity contribution in [1.82, 2.24) is 5.32 Å². The Morgan fingerprint density at radius 3 is 2.35 bits per heavy atom. The smallest absolute Gasteiger partial charge is 0.407 e. The Balaban J connectivity index is 2.34. The second-order valence-corrected chi connectivity index (χ2v) is 3.49. The van der Waals surface area contributed by atoms with Gasteiger partial charge in [-0.25, -0.2) is 4.79 Å². The van der Waals surface area contributed by atoms with Gasteiger partial charge in [-0.15, -0.1) is 0 Å². The molecule has 1 aromatic rings. The van der Waals surface area contributed by atoms with Crippen LogP contribution in [0.25, 0.3) is 0 Å². The number of alkyl carbamates (subject to hydrolysis) is 1. The van der Waals surface area contributed by atoms with Crippen LogP contribution in [-0.2, 0) is 22.6 Å². The first-order valence-electron chi connectivity index (χ1n) is 5.32. The normalized spacial score (nSPS) is 9.71. The number of carbonyl (C=O) groups is 2. The summed E-state index contributed by atoms with van der Waals surface area (Å²) < 4.78 is 4.84. The summed E-state index contributed by atoms with van der Waals surface area (Å²) >= 11 is 0. The van der Waals surface area contributed by atoms with Crippen LogP contribution in [0, 0.1) is 0 Å². The van der Waals surface area contributed by atoms with Gasteiger partial charge in [0.1, 0.15) is 13.2 Å². The maximum atomic E-state index is 11.0. The second kappa shape index (κ2) is 6.52. The van der Waals surface area contributed by atoms with Gasteiger partial charge < -0.3 is 15.2 Å². The zero-order valence-corrected chi connectivity index (χ0v) is 9.60. The van der Waals surface area contributed by atoms with Crippen molar-refractivity contribution in [3.05, 3.63) is 35.4 Å². The number of carbonyl (C=O) groups excluding carboxylic acids is 1. The second-order valence-electron chi connectivity index (χ2n) is 3.49. The Hall–Kier alpha value is -2.04. The minimum Gasteiger partial charge on any atom is -0.480 e. The molecule has 1 rings (SSSR count). The van der Waals surface area contributed by atoms with Crippen LogP contribution in [0.4, 0.5) is 4.79 Å². The Labute approximate surface area is 99.4 Å². The molecular formula is C12H15NO4. The zero-order chi connectivity index (χ0) is 12.7. The number of nitrogens with one attached hydrogen (secondary N) is 1. The first-order valence-corrected chi connectivity index (χ1v) is 5.32. The summed E-state index contributed by atoms with van der Waals surface area (Å²) in [6.07, 6.45) is 0.229. The zero-order valence-electron chi connectivity index (χ0n) is 9.60. The van der Waals surface area contributed by atoms with E-state index in [1.807, 2.05) is 24.3 Å². The van der Waals surface area contributed by atoms with Gasteiger partial charge in [-0.3, -0.25) is 4.79 Å². The van der Waals surface area contributed by atoms with Gasteiger partial charge in [-0.05, 0) is 17.5 Å². The number of benzene rings is 1. The molecule has 0 aliphatic heterocycles. The van der Waals surface area contributed by atoms with Crippen LogP contribution < -0.4 is 5.32 Å². The van der Waals surface area contributed by atoms with E-state index >= 15 is 0 Å². The maximum Gasteiger partial charge on any atom is 0.407 e. The summed E-state index contributed by atoms with van der Waals surface area (Å²) in [6.45, 7) is 1.76. The number of hydrogen-bond donors (Lipinski definition) is 2. The van der Waals surface area contributed by atoms with Crippen LogP contribution in [0.2, 0.25) is 0 Å². The van der Waals surface area contributed by atoms with E-state index < -0.39 is 18.6 Å². The van der Waals surface area contributed by atoms with Crippen molar-refractivity contribution in [3.63, 3.8) is 0 Å². The molecule has 2 N–H and O–H groups in total. The van der Waals surface area contributed by atoms with E-state index in [2.05, 4.69) is 12.2 Å². The van der Waals surface area contributed by atoms with E-state index in [-0.39, 0.29) is 6.61 Å². The average Bonchev–Trinajstić information content (AvgIpc) is 2.34. The number of carboxylic acids is 1. The highest BCUT2D eigenvalue weighted by Crippen LogP contribution is 2.06. The molecule has 1 aromatic carbocycles. The third-order valence-electron chi connectivity index (χ3n) is 2.19. The molecule has 0 saturated heterocycles. The SMILES string of the molecule is CCc1ccc(COC(=O)NCC(=O)O)cc1. The van der Waals surface area contributed by atoms with Crippen molar-refractivity contribution < 1.29 is 19.4 Å². The highest BCUT2D eigenvalue weighted by molar-refractivity contribution is 5.76. The molecule has 5 nitrogen and oxygen atoms in total. The molecule has 0 unspecified atom stereocenters. The monoisotopic (exact) mass is 237 g/mol. The van der Waals surface area contributed by atoms with Gasteiger partial charge in [0.15, 0.2) is 0 Å². The predicted octanol–water partition coefficient (Wildman–Crippen LogP) is 1.56. The lowest BCUT2D eigenvalue weighted by Gasteiger charge is -2.05.